The molecule has 0 aliphatic carbocycles. The normalized spacial score (nSPS) is 34.1. The van der Waals surface area contributed by atoms with Gasteiger partial charge in [0.05, 0.1) is 6.42 Å². The summed E-state index contributed by atoms with van der Waals surface area (Å²) in [6.07, 6.45) is 0.346. The molecule has 3 heteroatoms. The van der Waals surface area contributed by atoms with Gasteiger partial charge in [0.2, 0.25) is 0 Å². The van der Waals surface area contributed by atoms with Gasteiger partial charge in [-0.1, -0.05) is 6.58 Å². The minimum Gasteiger partial charge on any atom is -0.455 e. The predicted octanol–water partition coefficient (Wildman–Crippen LogP) is -0.151. The summed E-state index contributed by atoms with van der Waals surface area (Å²) in [4.78, 5) is 10.4. The number of esters is 1. The largest absolute Gasteiger partial charge is 0.455 e. The predicted molar refractivity (Wildman–Crippen MR) is 30.7 cm³/mol. The molecule has 0 bridgehead atoms. The first-order valence-electron chi connectivity index (χ1n) is 2.74. The molecule has 0 aromatic heterocycles. The Kier molecular flexibility index (Phi) is 1.53. The molecule has 9 heavy (non-hydrogen) atoms. The van der Waals surface area contributed by atoms with E-state index in [4.69, 9.17) is 5.11 Å². The molecular formula is C6H8O3. The van der Waals surface area contributed by atoms with Crippen LogP contribution in [0.2, 0.25) is 0 Å². The van der Waals surface area contributed by atoms with Crippen molar-refractivity contribution in [1.82, 2.24) is 0 Å². The van der Waals surface area contributed by atoms with Gasteiger partial charge in [-0.05, 0) is 6.08 Å². The van der Waals surface area contributed by atoms with Crippen LogP contribution in [0.25, 0.3) is 0 Å². The van der Waals surface area contributed by atoms with Gasteiger partial charge < -0.3 is 9.84 Å². The summed E-state index contributed by atoms with van der Waals surface area (Å²) in [6, 6.07) is 0. The smallest absolute Gasteiger partial charge is 0.309 e. The second-order valence-corrected chi connectivity index (χ2v) is 1.96. The topological polar surface area (TPSA) is 46.5 Å². The second kappa shape index (κ2) is 2.19. The van der Waals surface area contributed by atoms with Gasteiger partial charge in [-0.2, -0.15) is 0 Å². The highest BCUT2D eigenvalue weighted by Gasteiger charge is 2.30. The maximum Gasteiger partial charge on any atom is 0.309 e. The van der Waals surface area contributed by atoms with Crippen molar-refractivity contribution in [2.24, 2.45) is 0 Å². The first kappa shape index (κ1) is 6.29. The van der Waals surface area contributed by atoms with E-state index in [-0.39, 0.29) is 12.4 Å². The van der Waals surface area contributed by atoms with Gasteiger partial charge in [0.1, 0.15) is 12.2 Å². The zero-order chi connectivity index (χ0) is 6.85. The van der Waals surface area contributed by atoms with Gasteiger partial charge in [-0.25, -0.2) is 0 Å². The molecule has 0 saturated carbocycles. The molecule has 1 aliphatic heterocycles. The number of hydrogen-bond acceptors (Lipinski definition) is 3. The highest BCUT2D eigenvalue weighted by Crippen LogP contribution is 2.14. The Balaban J connectivity index is 2.57. The van der Waals surface area contributed by atoms with E-state index in [0.29, 0.717) is 0 Å². The average Bonchev–Trinajstić information content (AvgIpc) is 2.10. The molecule has 1 aliphatic rings. The molecule has 0 unspecified atom stereocenters. The molecule has 0 radical (unpaired) electrons. The van der Waals surface area contributed by atoms with Gasteiger partial charge in [0.15, 0.2) is 0 Å². The minimum atomic E-state index is -0.685. The zero-order valence-corrected chi connectivity index (χ0v) is 4.91. The van der Waals surface area contributed by atoms with Crippen LogP contribution in [0.3, 0.4) is 0 Å². The molecular weight excluding hydrogens is 120 g/mol. The van der Waals surface area contributed by atoms with Crippen LogP contribution in [0.15, 0.2) is 12.7 Å². The van der Waals surface area contributed by atoms with Crippen LogP contribution in [0.5, 0.6) is 0 Å². The lowest BCUT2D eigenvalue weighted by atomic mass is 10.2. The van der Waals surface area contributed by atoms with Crippen LogP contribution in [0, 0.1) is 0 Å². The van der Waals surface area contributed by atoms with Gasteiger partial charge in [-0.15, -0.1) is 0 Å². The van der Waals surface area contributed by atoms with Crippen molar-refractivity contribution in [3.8, 4) is 0 Å². The molecule has 2 atom stereocenters. The fourth-order valence-electron chi connectivity index (χ4n) is 0.771. The van der Waals surface area contributed by atoms with Crippen molar-refractivity contribution in [1.29, 1.82) is 0 Å². The average molecular weight is 128 g/mol. The Morgan fingerprint density at radius 2 is 2.56 bits per heavy atom. The molecule has 0 spiro atoms. The van der Waals surface area contributed by atoms with Crippen molar-refractivity contribution in [2.45, 2.75) is 18.6 Å². The van der Waals surface area contributed by atoms with E-state index in [9.17, 15) is 4.79 Å². The third-order valence-corrected chi connectivity index (χ3v) is 1.25. The Labute approximate surface area is 52.9 Å². The summed E-state index contributed by atoms with van der Waals surface area (Å²) < 4.78 is 4.62. The van der Waals surface area contributed by atoms with Gasteiger partial charge in [0.25, 0.3) is 0 Å². The maximum absolute atomic E-state index is 10.4. The fourth-order valence-corrected chi connectivity index (χ4v) is 0.771. The summed E-state index contributed by atoms with van der Waals surface area (Å²) >= 11 is 0. The lowest BCUT2D eigenvalue weighted by molar-refractivity contribution is -0.140. The number of aliphatic hydroxyl groups excluding tert-OH is 1. The lowest BCUT2D eigenvalue weighted by Gasteiger charge is -2.04. The summed E-state index contributed by atoms with van der Waals surface area (Å²) in [5.74, 6) is -0.354. The molecule has 50 valence electrons. The molecule has 1 saturated heterocycles. The third-order valence-electron chi connectivity index (χ3n) is 1.25. The summed E-state index contributed by atoms with van der Waals surface area (Å²) in [6.45, 7) is 3.39. The maximum atomic E-state index is 10.4. The highest BCUT2D eigenvalue weighted by molar-refractivity contribution is 5.72. The minimum absolute atomic E-state index is 0.0939. The summed E-state index contributed by atoms with van der Waals surface area (Å²) in [5.41, 5.74) is 0. The van der Waals surface area contributed by atoms with E-state index in [1.54, 1.807) is 0 Å². The SMILES string of the molecule is C=C[C@H]1OC(=O)C[C@H]1O. The summed E-state index contributed by atoms with van der Waals surface area (Å²) in [5, 5.41) is 8.94. The van der Waals surface area contributed by atoms with Crippen LogP contribution < -0.4 is 0 Å². The van der Waals surface area contributed by atoms with Crippen LogP contribution in [-0.2, 0) is 9.53 Å². The van der Waals surface area contributed by atoms with Gasteiger partial charge in [0, 0.05) is 0 Å². The molecule has 1 rings (SSSR count). The number of rotatable bonds is 1. The number of cyclic esters (lactones) is 1. The van der Waals surface area contributed by atoms with E-state index < -0.39 is 12.2 Å². The van der Waals surface area contributed by atoms with Crippen LogP contribution in [0.1, 0.15) is 6.42 Å². The van der Waals surface area contributed by atoms with E-state index >= 15 is 0 Å². The van der Waals surface area contributed by atoms with Crippen molar-refractivity contribution in [3.63, 3.8) is 0 Å². The second-order valence-electron chi connectivity index (χ2n) is 1.96. The molecule has 1 fully saturated rings. The zero-order valence-electron chi connectivity index (χ0n) is 4.91. The molecule has 1 heterocycles. The number of hydrogen-bond donors (Lipinski definition) is 1. The monoisotopic (exact) mass is 128 g/mol. The summed E-state index contributed by atoms with van der Waals surface area (Å²) in [7, 11) is 0. The fraction of sp³-hybridized carbons (Fsp3) is 0.500. The lowest BCUT2D eigenvalue weighted by Crippen LogP contribution is -2.16. The van der Waals surface area contributed by atoms with Crippen molar-refractivity contribution >= 4 is 5.97 Å². The number of aliphatic hydroxyl groups is 1. The highest BCUT2D eigenvalue weighted by atomic mass is 16.6. The van der Waals surface area contributed by atoms with Gasteiger partial charge >= 0.3 is 5.97 Å². The Morgan fingerprint density at radius 3 is 2.78 bits per heavy atom. The first-order chi connectivity index (χ1) is 4.24. The van der Waals surface area contributed by atoms with Crippen LogP contribution in [0.4, 0.5) is 0 Å². The van der Waals surface area contributed by atoms with Crippen molar-refractivity contribution < 1.29 is 14.6 Å². The Morgan fingerprint density at radius 1 is 1.89 bits per heavy atom. The third kappa shape index (κ3) is 1.10. The number of carbonyl (C=O) groups is 1. The Bertz CT molecular complexity index is 141. The van der Waals surface area contributed by atoms with E-state index in [1.807, 2.05) is 0 Å². The molecule has 0 aromatic rings. The molecule has 1 N–H and O–H groups in total. The van der Waals surface area contributed by atoms with E-state index in [0.717, 1.165) is 0 Å². The molecule has 0 amide bonds. The van der Waals surface area contributed by atoms with E-state index in [2.05, 4.69) is 11.3 Å². The standard InChI is InChI=1S/C6H8O3/c1-2-5-4(7)3-6(8)9-5/h2,4-5,7H,1,3H2/t4-,5-/m1/s1. The quantitative estimate of drug-likeness (QED) is 0.394. The van der Waals surface area contributed by atoms with Gasteiger partial charge in [-0.3, -0.25) is 4.79 Å². The number of carbonyl (C=O) groups excluding carboxylic acids is 1. The van der Waals surface area contributed by atoms with Crippen molar-refractivity contribution in [2.75, 3.05) is 0 Å². The van der Waals surface area contributed by atoms with E-state index in [1.165, 1.54) is 6.08 Å². The van der Waals surface area contributed by atoms with Crippen molar-refractivity contribution in [3.05, 3.63) is 12.7 Å². The Hall–Kier alpha value is -0.830. The van der Waals surface area contributed by atoms with Crippen LogP contribution >= 0.6 is 0 Å². The first-order valence-corrected chi connectivity index (χ1v) is 2.74. The number of ether oxygens (including phenoxy) is 1. The van der Waals surface area contributed by atoms with Crippen LogP contribution in [-0.4, -0.2) is 23.3 Å². The molecule has 0 aromatic carbocycles. The molecule has 3 nitrogen and oxygen atoms in total.